The molecule has 0 aliphatic carbocycles. The minimum Gasteiger partial charge on any atom is -0.510 e. The predicted molar refractivity (Wildman–Crippen MR) is 130 cm³/mol. The molecule has 3 N–H and O–H groups in total. The summed E-state index contributed by atoms with van der Waals surface area (Å²) in [4.78, 5) is 16.5. The van der Waals surface area contributed by atoms with Gasteiger partial charge in [-0.15, -0.1) is 15.3 Å². The molecule has 0 unspecified atom stereocenters. The molecule has 4 aromatic rings. The van der Waals surface area contributed by atoms with Gasteiger partial charge in [0, 0.05) is 43.8 Å². The zero-order chi connectivity index (χ0) is 25.5. The van der Waals surface area contributed by atoms with Crippen molar-refractivity contribution >= 4 is 28.0 Å². The van der Waals surface area contributed by atoms with Crippen molar-refractivity contribution < 1.29 is 24.1 Å². The number of fused-ring (bicyclic) bond motifs is 3. The van der Waals surface area contributed by atoms with Crippen molar-refractivity contribution in [1.29, 1.82) is 5.41 Å². The Morgan fingerprint density at radius 2 is 1.94 bits per heavy atom. The number of carbonyl (C=O) groups is 1. The average Bonchev–Trinajstić information content (AvgIpc) is 3.32. The number of aliphatic hydroxyl groups excluding tert-OH is 1. The molecule has 36 heavy (non-hydrogen) atoms. The summed E-state index contributed by atoms with van der Waals surface area (Å²) in [5.74, 6) is 0.0576. The molecule has 0 aliphatic heterocycles. The van der Waals surface area contributed by atoms with Crippen LogP contribution in [0.1, 0.15) is 21.9 Å². The first kappa shape index (κ1) is 24.7. The molecule has 0 saturated carbocycles. The van der Waals surface area contributed by atoms with E-state index in [4.69, 9.17) is 19.6 Å². The second kappa shape index (κ2) is 11.3. The number of methoxy groups -OCH3 is 2. The fraction of sp³-hybridized carbons (Fsp3) is 0.250. The molecule has 1 amide bonds. The molecule has 4 rings (SSSR count). The minimum atomic E-state index is -0.238. The molecule has 0 atom stereocenters. The molecular weight excluding hydrogens is 466 g/mol. The molecule has 0 saturated heterocycles. The van der Waals surface area contributed by atoms with Crippen molar-refractivity contribution in [2.45, 2.75) is 6.61 Å². The third-order valence-corrected chi connectivity index (χ3v) is 5.11. The Kier molecular flexibility index (Phi) is 7.78. The van der Waals surface area contributed by atoms with Crippen LogP contribution in [0.4, 0.5) is 0 Å². The van der Waals surface area contributed by atoms with Crippen LogP contribution in [0, 0.1) is 5.41 Å². The molecule has 12 nitrogen and oxygen atoms in total. The fourth-order valence-corrected chi connectivity index (χ4v) is 3.40. The zero-order valence-electron chi connectivity index (χ0n) is 19.8. The van der Waals surface area contributed by atoms with Crippen LogP contribution in [0.15, 0.2) is 54.4 Å². The van der Waals surface area contributed by atoms with Gasteiger partial charge in [-0.25, -0.2) is 0 Å². The first-order valence-corrected chi connectivity index (χ1v) is 11.0. The van der Waals surface area contributed by atoms with E-state index in [0.717, 1.165) is 5.39 Å². The quantitative estimate of drug-likeness (QED) is 0.162. The molecule has 0 fully saturated rings. The Bertz CT molecular complexity index is 1420. The number of nitrogens with zero attached hydrogens (tertiary/aromatic N) is 5. The van der Waals surface area contributed by atoms with Gasteiger partial charge in [0.25, 0.3) is 5.91 Å². The van der Waals surface area contributed by atoms with Crippen molar-refractivity contribution in [2.24, 2.45) is 0 Å². The second-order valence-corrected chi connectivity index (χ2v) is 7.67. The van der Waals surface area contributed by atoms with Crippen LogP contribution in [0.25, 0.3) is 16.4 Å². The fourth-order valence-electron chi connectivity index (χ4n) is 3.40. The first-order chi connectivity index (χ1) is 17.5. The summed E-state index contributed by atoms with van der Waals surface area (Å²) in [6.07, 6.45) is 2.71. The van der Waals surface area contributed by atoms with Crippen LogP contribution in [0.3, 0.4) is 0 Å². The number of ether oxygens (including phenoxy) is 3. The van der Waals surface area contributed by atoms with Gasteiger partial charge < -0.3 is 24.6 Å². The Morgan fingerprint density at radius 3 is 2.67 bits per heavy atom. The van der Waals surface area contributed by atoms with Crippen molar-refractivity contribution in [2.75, 3.05) is 34.0 Å². The van der Waals surface area contributed by atoms with Crippen LogP contribution < -0.4 is 10.1 Å². The van der Waals surface area contributed by atoms with Gasteiger partial charge in [0.1, 0.15) is 24.7 Å². The normalized spacial score (nSPS) is 11.7. The van der Waals surface area contributed by atoms with E-state index in [0.29, 0.717) is 41.3 Å². The Morgan fingerprint density at radius 1 is 1.14 bits per heavy atom. The van der Waals surface area contributed by atoms with Gasteiger partial charge in [0.2, 0.25) is 11.7 Å². The van der Waals surface area contributed by atoms with Crippen molar-refractivity contribution in [3.63, 3.8) is 0 Å². The summed E-state index contributed by atoms with van der Waals surface area (Å²) >= 11 is 0. The van der Waals surface area contributed by atoms with E-state index in [9.17, 15) is 9.90 Å². The lowest BCUT2D eigenvalue weighted by Crippen LogP contribution is -2.27. The summed E-state index contributed by atoms with van der Waals surface area (Å²) < 4.78 is 17.2. The van der Waals surface area contributed by atoms with Crippen LogP contribution >= 0.6 is 0 Å². The van der Waals surface area contributed by atoms with E-state index in [1.807, 2.05) is 24.3 Å². The number of rotatable bonds is 11. The number of aliphatic hydroxyl groups is 1. The summed E-state index contributed by atoms with van der Waals surface area (Å²) in [7, 11) is 3.01. The highest BCUT2D eigenvalue weighted by Gasteiger charge is 2.17. The number of carbonyl (C=O) groups excluding carboxylic acids is 1. The summed E-state index contributed by atoms with van der Waals surface area (Å²) in [5.41, 5.74) is 1.38. The van der Waals surface area contributed by atoms with Gasteiger partial charge in [-0.2, -0.15) is 4.52 Å². The minimum absolute atomic E-state index is 0.0373. The molecule has 0 spiro atoms. The number of nitrogens with one attached hydrogen (secondary N) is 2. The summed E-state index contributed by atoms with van der Waals surface area (Å²) in [6.45, 7) is 0.891. The lowest BCUT2D eigenvalue weighted by atomic mass is 10.2. The van der Waals surface area contributed by atoms with E-state index in [1.54, 1.807) is 19.2 Å². The topological polar surface area (TPSA) is 157 Å². The van der Waals surface area contributed by atoms with E-state index in [-0.39, 0.29) is 36.4 Å². The predicted octanol–water partition coefficient (Wildman–Crippen LogP) is 2.08. The number of amides is 1. The lowest BCUT2D eigenvalue weighted by Gasteiger charge is -2.10. The molecule has 0 bridgehead atoms. The van der Waals surface area contributed by atoms with E-state index >= 15 is 0 Å². The molecule has 0 aliphatic rings. The van der Waals surface area contributed by atoms with Crippen LogP contribution in [-0.4, -0.2) is 75.5 Å². The third-order valence-electron chi connectivity index (χ3n) is 5.11. The average molecular weight is 492 g/mol. The Labute approximate surface area is 206 Å². The molecule has 3 aromatic heterocycles. The Hall–Kier alpha value is -4.42. The second-order valence-electron chi connectivity index (χ2n) is 7.67. The molecular formula is C24H25N7O5. The van der Waals surface area contributed by atoms with Gasteiger partial charge >= 0.3 is 0 Å². The zero-order valence-corrected chi connectivity index (χ0v) is 19.8. The molecule has 3 heterocycles. The maximum absolute atomic E-state index is 12.1. The highest BCUT2D eigenvalue weighted by atomic mass is 16.5. The highest BCUT2D eigenvalue weighted by Crippen LogP contribution is 2.27. The number of pyridine rings is 1. The Balaban J connectivity index is 1.59. The van der Waals surface area contributed by atoms with E-state index in [1.165, 1.54) is 23.9 Å². The van der Waals surface area contributed by atoms with Crippen LogP contribution in [0.5, 0.6) is 5.88 Å². The third kappa shape index (κ3) is 5.45. The van der Waals surface area contributed by atoms with Gasteiger partial charge in [0.05, 0.1) is 17.9 Å². The number of hydrogen-bond acceptors (Lipinski definition) is 10. The van der Waals surface area contributed by atoms with Gasteiger partial charge in [-0.3, -0.25) is 15.2 Å². The van der Waals surface area contributed by atoms with E-state index in [2.05, 4.69) is 25.6 Å². The summed E-state index contributed by atoms with van der Waals surface area (Å²) in [5, 5.41) is 35.2. The van der Waals surface area contributed by atoms with Crippen molar-refractivity contribution in [3.05, 3.63) is 71.5 Å². The number of aromatic nitrogens is 5. The standard InChI is InChI=1S/C24H25N7O5/c1-34-10-9-26-23(33)15-7-8-16(27-12-15)13-36-24-19-6-4-3-5-18(19)21-28-29-22(31(21)30-24)20(25)11-17(32)14-35-2/h3-8,11-12,25,32H,9-10,13-14H2,1-2H3,(H,26,33)/b17-11-,25-20?. The van der Waals surface area contributed by atoms with Gasteiger partial charge in [-0.05, 0) is 18.2 Å². The maximum Gasteiger partial charge on any atom is 0.252 e. The SMILES string of the molecule is COCCNC(=O)c1ccc(COc2nn3c(C(=N)/C=C(\O)COC)nnc3c3ccccc23)nc1. The van der Waals surface area contributed by atoms with Crippen LogP contribution in [0.2, 0.25) is 0 Å². The molecule has 0 radical (unpaired) electrons. The monoisotopic (exact) mass is 491 g/mol. The van der Waals surface area contributed by atoms with Crippen molar-refractivity contribution in [3.8, 4) is 5.88 Å². The van der Waals surface area contributed by atoms with E-state index < -0.39 is 0 Å². The first-order valence-electron chi connectivity index (χ1n) is 11.0. The smallest absolute Gasteiger partial charge is 0.252 e. The van der Waals surface area contributed by atoms with Crippen LogP contribution in [-0.2, 0) is 16.1 Å². The molecule has 186 valence electrons. The number of hydrogen-bond donors (Lipinski definition) is 3. The molecule has 12 heteroatoms. The summed E-state index contributed by atoms with van der Waals surface area (Å²) in [6, 6.07) is 10.8. The largest absolute Gasteiger partial charge is 0.510 e. The maximum atomic E-state index is 12.1. The number of benzene rings is 1. The number of allylic oxidation sites excluding steroid dienone is 1. The highest BCUT2D eigenvalue weighted by molar-refractivity contribution is 6.05. The van der Waals surface area contributed by atoms with Gasteiger partial charge in [-0.1, -0.05) is 18.2 Å². The van der Waals surface area contributed by atoms with Gasteiger partial charge in [0.15, 0.2) is 5.65 Å². The molecule has 1 aromatic carbocycles. The lowest BCUT2D eigenvalue weighted by molar-refractivity contribution is 0.0936. The van der Waals surface area contributed by atoms with Crippen molar-refractivity contribution in [1.82, 2.24) is 30.1 Å².